The summed E-state index contributed by atoms with van der Waals surface area (Å²) in [4.78, 5) is 0. The molecule has 0 saturated carbocycles. The summed E-state index contributed by atoms with van der Waals surface area (Å²) in [7, 11) is 0. The Morgan fingerprint density at radius 1 is 1.40 bits per heavy atom. The predicted octanol–water partition coefficient (Wildman–Crippen LogP) is 3.45. The molecule has 0 aromatic heterocycles. The Hall–Kier alpha value is -0.520. The highest BCUT2D eigenvalue weighted by atomic mass is 14.0. The summed E-state index contributed by atoms with van der Waals surface area (Å²) in [5.74, 6) is 0. The maximum Gasteiger partial charge on any atom is -0.0167 e. The number of allylic oxidation sites excluding steroid dienone is 4. The van der Waals surface area contributed by atoms with Crippen LogP contribution in [0.4, 0.5) is 0 Å². The van der Waals surface area contributed by atoms with Crippen LogP contribution >= 0.6 is 0 Å². The monoisotopic (exact) mass is 136 g/mol. The maximum atomic E-state index is 2.37. The van der Waals surface area contributed by atoms with E-state index in [0.717, 1.165) is 6.42 Å². The van der Waals surface area contributed by atoms with Gasteiger partial charge in [-0.15, -0.1) is 0 Å². The Morgan fingerprint density at radius 3 is 3.10 bits per heavy atom. The van der Waals surface area contributed by atoms with Gasteiger partial charge in [0.2, 0.25) is 0 Å². The molecule has 1 aliphatic carbocycles. The van der Waals surface area contributed by atoms with Crippen molar-refractivity contribution in [2.24, 2.45) is 0 Å². The zero-order valence-electron chi connectivity index (χ0n) is 6.77. The van der Waals surface area contributed by atoms with Crippen LogP contribution in [0.3, 0.4) is 0 Å². The Kier molecular flexibility index (Phi) is 3.28. The van der Waals surface area contributed by atoms with Gasteiger partial charge in [0.15, 0.2) is 0 Å². The summed E-state index contributed by atoms with van der Waals surface area (Å²) < 4.78 is 0. The highest BCUT2D eigenvalue weighted by Crippen LogP contribution is 2.14. The summed E-state index contributed by atoms with van der Waals surface area (Å²) in [5.41, 5.74) is 1.64. The molecular formula is C10H16. The van der Waals surface area contributed by atoms with Gasteiger partial charge in [0.1, 0.15) is 0 Å². The van der Waals surface area contributed by atoms with E-state index in [0.29, 0.717) is 0 Å². The second kappa shape index (κ2) is 4.32. The van der Waals surface area contributed by atoms with Crippen LogP contribution in [0.5, 0.6) is 0 Å². The normalized spacial score (nSPS) is 19.5. The lowest BCUT2D eigenvalue weighted by Crippen LogP contribution is -1.84. The fourth-order valence-corrected chi connectivity index (χ4v) is 1.32. The summed E-state index contributed by atoms with van der Waals surface area (Å²) in [6.45, 7) is 2.25. The molecule has 0 fully saturated rings. The first-order valence-corrected chi connectivity index (χ1v) is 4.26. The van der Waals surface area contributed by atoms with Crippen LogP contribution in [-0.4, -0.2) is 0 Å². The Morgan fingerprint density at radius 2 is 2.30 bits per heavy atom. The number of hydrogen-bond donors (Lipinski definition) is 0. The zero-order chi connectivity index (χ0) is 7.23. The van der Waals surface area contributed by atoms with E-state index in [1.54, 1.807) is 5.57 Å². The van der Waals surface area contributed by atoms with Gasteiger partial charge < -0.3 is 0 Å². The minimum Gasteiger partial charge on any atom is -0.0882 e. The van der Waals surface area contributed by atoms with E-state index in [4.69, 9.17) is 0 Å². The molecule has 0 saturated heterocycles. The van der Waals surface area contributed by atoms with Crippen molar-refractivity contribution in [1.29, 1.82) is 0 Å². The Labute approximate surface area is 63.6 Å². The first kappa shape index (κ1) is 7.59. The molecule has 1 aliphatic rings. The molecule has 0 N–H and O–H groups in total. The first-order chi connectivity index (χ1) is 4.93. The lowest BCUT2D eigenvalue weighted by atomic mass is 10.0. The smallest absolute Gasteiger partial charge is 0.0167 e. The summed E-state index contributed by atoms with van der Waals surface area (Å²) in [5, 5.41) is 0. The van der Waals surface area contributed by atoms with Gasteiger partial charge in [-0.3, -0.25) is 0 Å². The average Bonchev–Trinajstić information content (AvgIpc) is 1.87. The quantitative estimate of drug-likeness (QED) is 0.484. The molecule has 0 spiro atoms. The highest BCUT2D eigenvalue weighted by Gasteiger charge is 1.94. The van der Waals surface area contributed by atoms with Crippen LogP contribution in [0.1, 0.15) is 39.0 Å². The molecule has 0 radical (unpaired) electrons. The van der Waals surface area contributed by atoms with Crippen molar-refractivity contribution < 1.29 is 0 Å². The van der Waals surface area contributed by atoms with Crippen molar-refractivity contribution in [2.45, 2.75) is 39.0 Å². The van der Waals surface area contributed by atoms with Crippen molar-refractivity contribution in [3.63, 3.8) is 0 Å². The third-order valence-corrected chi connectivity index (χ3v) is 2.03. The minimum absolute atomic E-state index is 1.16. The van der Waals surface area contributed by atoms with Gasteiger partial charge in [0, 0.05) is 0 Å². The Bertz CT molecular complexity index is 140. The topological polar surface area (TPSA) is 0 Å². The molecule has 0 atom stereocenters. The van der Waals surface area contributed by atoms with E-state index in [-0.39, 0.29) is 0 Å². The van der Waals surface area contributed by atoms with Crippen LogP contribution in [0.25, 0.3) is 0 Å². The molecule has 10 heavy (non-hydrogen) atoms. The molecule has 0 amide bonds. The Balaban J connectivity index is 2.45. The van der Waals surface area contributed by atoms with Crippen LogP contribution in [0, 0.1) is 0 Å². The van der Waals surface area contributed by atoms with Crippen LogP contribution in [0.2, 0.25) is 0 Å². The minimum atomic E-state index is 1.16. The third-order valence-electron chi connectivity index (χ3n) is 2.03. The van der Waals surface area contributed by atoms with Crippen molar-refractivity contribution in [2.75, 3.05) is 0 Å². The zero-order valence-corrected chi connectivity index (χ0v) is 6.77. The van der Waals surface area contributed by atoms with Gasteiger partial charge in [-0.1, -0.05) is 30.7 Å². The van der Waals surface area contributed by atoms with Gasteiger partial charge in [-0.2, -0.15) is 0 Å². The van der Waals surface area contributed by atoms with Gasteiger partial charge in [0.25, 0.3) is 0 Å². The van der Waals surface area contributed by atoms with Gasteiger partial charge in [-0.05, 0) is 32.1 Å². The maximum absolute atomic E-state index is 2.37. The predicted molar refractivity (Wildman–Crippen MR) is 46.0 cm³/mol. The van der Waals surface area contributed by atoms with Crippen molar-refractivity contribution in [3.05, 3.63) is 23.8 Å². The molecule has 1 rings (SSSR count). The standard InChI is InChI=1S/C10H16/c1-2-10-8-6-4-3-5-7-9-10/h3-4,8H,2,5-7,9H2,1H3. The molecular weight excluding hydrogens is 120 g/mol. The van der Waals surface area contributed by atoms with Crippen molar-refractivity contribution >= 4 is 0 Å². The highest BCUT2D eigenvalue weighted by molar-refractivity contribution is 5.06. The van der Waals surface area contributed by atoms with E-state index >= 15 is 0 Å². The van der Waals surface area contributed by atoms with Crippen LogP contribution < -0.4 is 0 Å². The van der Waals surface area contributed by atoms with Gasteiger partial charge in [-0.25, -0.2) is 0 Å². The molecule has 0 bridgehead atoms. The number of rotatable bonds is 1. The second-order valence-corrected chi connectivity index (χ2v) is 2.82. The van der Waals surface area contributed by atoms with Crippen LogP contribution in [0.15, 0.2) is 23.8 Å². The SMILES string of the molecule is CCC1=CCC=CCCC1. The van der Waals surface area contributed by atoms with E-state index < -0.39 is 0 Å². The summed E-state index contributed by atoms with van der Waals surface area (Å²) in [6.07, 6.45) is 13.3. The fourth-order valence-electron chi connectivity index (χ4n) is 1.32. The lowest BCUT2D eigenvalue weighted by molar-refractivity contribution is 0.790. The third kappa shape index (κ3) is 2.38. The van der Waals surface area contributed by atoms with E-state index in [1.165, 1.54) is 25.7 Å². The molecule has 0 heterocycles. The molecule has 0 aromatic rings. The molecule has 0 heteroatoms. The first-order valence-electron chi connectivity index (χ1n) is 4.26. The average molecular weight is 136 g/mol. The molecule has 56 valence electrons. The second-order valence-electron chi connectivity index (χ2n) is 2.82. The molecule has 0 aliphatic heterocycles. The van der Waals surface area contributed by atoms with E-state index in [9.17, 15) is 0 Å². The fraction of sp³-hybridized carbons (Fsp3) is 0.600. The van der Waals surface area contributed by atoms with Gasteiger partial charge >= 0.3 is 0 Å². The molecule has 0 nitrogen and oxygen atoms in total. The molecule has 0 aromatic carbocycles. The van der Waals surface area contributed by atoms with E-state index in [2.05, 4.69) is 25.2 Å². The van der Waals surface area contributed by atoms with Crippen molar-refractivity contribution in [1.82, 2.24) is 0 Å². The van der Waals surface area contributed by atoms with Crippen LogP contribution in [-0.2, 0) is 0 Å². The number of hydrogen-bond acceptors (Lipinski definition) is 0. The van der Waals surface area contributed by atoms with Crippen molar-refractivity contribution in [3.8, 4) is 0 Å². The lowest BCUT2D eigenvalue weighted by Gasteiger charge is -2.04. The summed E-state index contributed by atoms with van der Waals surface area (Å²) in [6, 6.07) is 0. The van der Waals surface area contributed by atoms with E-state index in [1.807, 2.05) is 0 Å². The molecule has 0 unspecified atom stereocenters. The van der Waals surface area contributed by atoms with Gasteiger partial charge in [0.05, 0.1) is 0 Å². The summed E-state index contributed by atoms with van der Waals surface area (Å²) >= 11 is 0. The largest absolute Gasteiger partial charge is 0.0882 e.